The maximum absolute atomic E-state index is 12.6. The van der Waals surface area contributed by atoms with Gasteiger partial charge in [-0.3, -0.25) is 0 Å². The van der Waals surface area contributed by atoms with Crippen molar-refractivity contribution < 1.29 is 14.3 Å². The first-order chi connectivity index (χ1) is 19.5. The average molecular weight is 585 g/mol. The maximum Gasteiger partial charge on any atom is 0.345 e. The van der Waals surface area contributed by atoms with Gasteiger partial charge in [0.05, 0.1) is 23.9 Å². The van der Waals surface area contributed by atoms with Crippen LogP contribution in [0.15, 0.2) is 41.5 Å². The summed E-state index contributed by atoms with van der Waals surface area (Å²) >= 11 is 12.1. The van der Waals surface area contributed by atoms with Crippen molar-refractivity contribution >= 4 is 53.2 Å². The minimum absolute atomic E-state index is 0.202. The first-order valence-electron chi connectivity index (χ1n) is 13.4. The number of rotatable bonds is 8. The van der Waals surface area contributed by atoms with Crippen LogP contribution >= 0.6 is 23.2 Å². The van der Waals surface area contributed by atoms with Gasteiger partial charge in [-0.1, -0.05) is 23.2 Å². The van der Waals surface area contributed by atoms with E-state index >= 15 is 0 Å². The molecule has 2 aliphatic heterocycles. The molecule has 2 aromatic carbocycles. The second kappa shape index (κ2) is 13.1. The number of halogens is 2. The molecule has 2 fully saturated rings. The van der Waals surface area contributed by atoms with Crippen LogP contribution in [0.2, 0.25) is 10.0 Å². The number of aromatic nitrogens is 3. The van der Waals surface area contributed by atoms with Crippen LogP contribution in [0.5, 0.6) is 11.5 Å². The Morgan fingerprint density at radius 3 is 2.12 bits per heavy atom. The van der Waals surface area contributed by atoms with Crippen molar-refractivity contribution in [3.05, 3.63) is 57.6 Å². The molecule has 40 heavy (non-hydrogen) atoms. The monoisotopic (exact) mass is 583 g/mol. The highest BCUT2D eigenvalue weighted by Crippen LogP contribution is 2.30. The van der Waals surface area contributed by atoms with Crippen molar-refractivity contribution in [2.24, 2.45) is 5.10 Å². The second-order valence-electron chi connectivity index (χ2n) is 9.65. The predicted octanol–water partition coefficient (Wildman–Crippen LogP) is 5.83. The number of hydrogen-bond donors (Lipinski definition) is 1. The minimum atomic E-state index is -0.619. The molecule has 5 rings (SSSR count). The summed E-state index contributed by atoms with van der Waals surface area (Å²) in [7, 11) is 1.50. The number of ether oxygens (including phenoxy) is 2. The third-order valence-corrected chi connectivity index (χ3v) is 7.36. The van der Waals surface area contributed by atoms with Crippen molar-refractivity contribution in [3.8, 4) is 11.5 Å². The molecule has 210 valence electrons. The molecule has 10 nitrogen and oxygen atoms in total. The van der Waals surface area contributed by atoms with Gasteiger partial charge in [-0.25, -0.2) is 10.2 Å². The normalized spacial score (nSPS) is 15.8. The van der Waals surface area contributed by atoms with Crippen molar-refractivity contribution in [2.75, 3.05) is 48.5 Å². The van der Waals surface area contributed by atoms with E-state index in [0.29, 0.717) is 28.6 Å². The van der Waals surface area contributed by atoms with E-state index in [1.54, 1.807) is 30.5 Å². The summed E-state index contributed by atoms with van der Waals surface area (Å²) in [4.78, 5) is 31.2. The molecule has 0 unspecified atom stereocenters. The van der Waals surface area contributed by atoms with Gasteiger partial charge in [0, 0.05) is 31.2 Å². The highest BCUT2D eigenvalue weighted by molar-refractivity contribution is 6.36. The maximum atomic E-state index is 12.6. The number of piperidine rings is 2. The second-order valence-corrected chi connectivity index (χ2v) is 10.5. The van der Waals surface area contributed by atoms with Crippen LogP contribution in [0.3, 0.4) is 0 Å². The number of benzene rings is 2. The van der Waals surface area contributed by atoms with E-state index in [0.717, 1.165) is 57.4 Å². The number of anilines is 3. The summed E-state index contributed by atoms with van der Waals surface area (Å²) in [6.45, 7) is 3.75. The Morgan fingerprint density at radius 2 is 1.52 bits per heavy atom. The van der Waals surface area contributed by atoms with Gasteiger partial charge < -0.3 is 19.3 Å². The van der Waals surface area contributed by atoms with Crippen LogP contribution in [0.4, 0.5) is 17.8 Å². The van der Waals surface area contributed by atoms with Gasteiger partial charge in [-0.2, -0.15) is 20.1 Å². The molecule has 0 spiro atoms. The molecule has 0 saturated carbocycles. The van der Waals surface area contributed by atoms with Gasteiger partial charge in [-0.15, -0.1) is 0 Å². The van der Waals surface area contributed by atoms with E-state index in [2.05, 4.69) is 30.3 Å². The molecular formula is C28H31Cl2N7O3. The van der Waals surface area contributed by atoms with Crippen molar-refractivity contribution in [2.45, 2.75) is 38.5 Å². The predicted molar refractivity (Wildman–Crippen MR) is 158 cm³/mol. The topological polar surface area (TPSA) is 105 Å². The molecule has 1 aromatic heterocycles. The third-order valence-electron chi connectivity index (χ3n) is 6.81. The van der Waals surface area contributed by atoms with Crippen LogP contribution in [0.1, 0.15) is 54.4 Å². The van der Waals surface area contributed by atoms with E-state index in [-0.39, 0.29) is 16.3 Å². The van der Waals surface area contributed by atoms with Gasteiger partial charge in [0.2, 0.25) is 17.8 Å². The van der Waals surface area contributed by atoms with Crippen molar-refractivity contribution in [1.29, 1.82) is 0 Å². The van der Waals surface area contributed by atoms with Gasteiger partial charge in [0.1, 0.15) is 0 Å². The number of methoxy groups -OCH3 is 1. The summed E-state index contributed by atoms with van der Waals surface area (Å²) in [6.07, 6.45) is 8.60. The van der Waals surface area contributed by atoms with E-state index in [9.17, 15) is 4.79 Å². The van der Waals surface area contributed by atoms with Crippen LogP contribution < -0.4 is 24.7 Å². The lowest BCUT2D eigenvalue weighted by atomic mass is 10.1. The summed E-state index contributed by atoms with van der Waals surface area (Å²) in [5.74, 6) is 1.75. The zero-order valence-corrected chi connectivity index (χ0v) is 23.8. The van der Waals surface area contributed by atoms with Gasteiger partial charge in [0.25, 0.3) is 0 Å². The lowest BCUT2D eigenvalue weighted by Crippen LogP contribution is -2.34. The smallest absolute Gasteiger partial charge is 0.345 e. The lowest BCUT2D eigenvalue weighted by molar-refractivity contribution is 0.0730. The Balaban J connectivity index is 1.30. The lowest BCUT2D eigenvalue weighted by Gasteiger charge is -2.30. The van der Waals surface area contributed by atoms with Gasteiger partial charge in [0.15, 0.2) is 11.5 Å². The number of hydrazone groups is 1. The number of carbonyl (C=O) groups excluding carboxylic acids is 1. The molecule has 0 amide bonds. The van der Waals surface area contributed by atoms with E-state index in [4.69, 9.17) is 37.7 Å². The Labute approximate surface area is 243 Å². The number of nitrogens with zero attached hydrogens (tertiary/aromatic N) is 6. The molecule has 0 atom stereocenters. The molecular weight excluding hydrogens is 553 g/mol. The quantitative estimate of drug-likeness (QED) is 0.152. The Morgan fingerprint density at radius 1 is 0.875 bits per heavy atom. The minimum Gasteiger partial charge on any atom is -0.493 e. The van der Waals surface area contributed by atoms with Crippen LogP contribution in [0, 0.1) is 0 Å². The Kier molecular flexibility index (Phi) is 9.18. The third kappa shape index (κ3) is 6.92. The number of hydrogen-bond acceptors (Lipinski definition) is 10. The summed E-state index contributed by atoms with van der Waals surface area (Å²) in [5, 5.41) is 4.99. The molecule has 0 bridgehead atoms. The molecule has 1 N–H and O–H groups in total. The number of esters is 1. The summed E-state index contributed by atoms with van der Waals surface area (Å²) < 4.78 is 11.0. The summed E-state index contributed by atoms with van der Waals surface area (Å²) in [6, 6.07) is 9.68. The molecule has 0 radical (unpaired) electrons. The zero-order valence-electron chi connectivity index (χ0n) is 22.3. The van der Waals surface area contributed by atoms with Crippen molar-refractivity contribution in [1.82, 2.24) is 15.0 Å². The Hall–Kier alpha value is -3.63. The fourth-order valence-electron chi connectivity index (χ4n) is 4.70. The van der Waals surface area contributed by atoms with E-state index in [1.807, 2.05) is 0 Å². The first kappa shape index (κ1) is 27.9. The van der Waals surface area contributed by atoms with Crippen LogP contribution in [-0.4, -0.2) is 60.4 Å². The molecule has 2 saturated heterocycles. The van der Waals surface area contributed by atoms with Crippen molar-refractivity contribution in [3.63, 3.8) is 0 Å². The SMILES string of the molecule is COc1cc(/C=N\Nc2nc(N3CCCCC3)nc(N3CCCCC3)n2)ccc1OC(=O)c1ccc(Cl)cc1Cl. The number of nitrogens with one attached hydrogen (secondary N) is 1. The summed E-state index contributed by atoms with van der Waals surface area (Å²) in [5.41, 5.74) is 3.89. The van der Waals surface area contributed by atoms with Gasteiger partial charge in [-0.05, 0) is 80.5 Å². The number of carbonyl (C=O) groups is 1. The Bertz CT molecular complexity index is 1340. The van der Waals surface area contributed by atoms with E-state index in [1.165, 1.54) is 32.1 Å². The average Bonchev–Trinajstić information content (AvgIpc) is 2.98. The molecule has 12 heteroatoms. The molecule has 3 aromatic rings. The molecule has 3 heterocycles. The van der Waals surface area contributed by atoms with E-state index < -0.39 is 5.97 Å². The van der Waals surface area contributed by atoms with Crippen LogP contribution in [-0.2, 0) is 0 Å². The largest absolute Gasteiger partial charge is 0.493 e. The fraction of sp³-hybridized carbons (Fsp3) is 0.393. The molecule has 0 aliphatic carbocycles. The highest BCUT2D eigenvalue weighted by atomic mass is 35.5. The standard InChI is InChI=1S/C28H31Cl2N7O3/c1-39-24-16-19(8-11-23(24)40-25(38)21-10-9-20(29)17-22(21)30)18-31-35-26-32-27(36-12-4-2-5-13-36)34-28(33-26)37-14-6-3-7-15-37/h8-11,16-18H,2-7,12-15H2,1H3,(H,32,33,34,35)/b31-18-. The zero-order chi connectivity index (χ0) is 27.9. The molecule has 2 aliphatic rings. The highest BCUT2D eigenvalue weighted by Gasteiger charge is 2.20. The van der Waals surface area contributed by atoms with Crippen LogP contribution in [0.25, 0.3) is 0 Å². The van der Waals surface area contributed by atoms with Gasteiger partial charge >= 0.3 is 5.97 Å². The first-order valence-corrected chi connectivity index (χ1v) is 14.2. The fourth-order valence-corrected chi connectivity index (χ4v) is 5.18.